The number of aryl methyl sites for hydroxylation is 3. The SMILES string of the molecule is CCn1cc(C(=O)Nc2cc(Oc3ccc(Cl)c(C)c3)cc([N+](=O)[O-])c2)c(C)n1. The Labute approximate surface area is 172 Å². The lowest BCUT2D eigenvalue weighted by molar-refractivity contribution is -0.384. The fraction of sp³-hybridized carbons (Fsp3) is 0.200. The van der Waals surface area contributed by atoms with Crippen molar-refractivity contribution in [3.05, 3.63) is 74.6 Å². The number of non-ortho nitro benzene ring substituents is 1. The van der Waals surface area contributed by atoms with Gasteiger partial charge in [-0.3, -0.25) is 19.6 Å². The lowest BCUT2D eigenvalue weighted by Gasteiger charge is -2.10. The first-order chi connectivity index (χ1) is 13.8. The molecule has 0 aliphatic heterocycles. The van der Waals surface area contributed by atoms with Gasteiger partial charge in [-0.1, -0.05) is 11.6 Å². The summed E-state index contributed by atoms with van der Waals surface area (Å²) in [7, 11) is 0. The molecular formula is C20H19ClN4O4. The largest absolute Gasteiger partial charge is 0.457 e. The van der Waals surface area contributed by atoms with Gasteiger partial charge in [-0.25, -0.2) is 0 Å². The number of nitrogens with one attached hydrogen (secondary N) is 1. The van der Waals surface area contributed by atoms with Crippen LogP contribution in [0.4, 0.5) is 11.4 Å². The van der Waals surface area contributed by atoms with E-state index in [2.05, 4.69) is 10.4 Å². The second-order valence-corrected chi connectivity index (χ2v) is 6.83. The number of amides is 1. The van der Waals surface area contributed by atoms with Crippen molar-refractivity contribution in [2.75, 3.05) is 5.32 Å². The Kier molecular flexibility index (Phi) is 5.84. The summed E-state index contributed by atoms with van der Waals surface area (Å²) < 4.78 is 7.40. The predicted molar refractivity (Wildman–Crippen MR) is 110 cm³/mol. The molecule has 0 saturated heterocycles. The van der Waals surface area contributed by atoms with Gasteiger partial charge in [-0.15, -0.1) is 0 Å². The third-order valence-corrected chi connectivity index (χ3v) is 4.66. The normalized spacial score (nSPS) is 10.6. The van der Waals surface area contributed by atoms with Crippen LogP contribution in [-0.4, -0.2) is 20.6 Å². The van der Waals surface area contributed by atoms with Gasteiger partial charge in [0.1, 0.15) is 11.5 Å². The number of nitro groups is 1. The molecule has 150 valence electrons. The van der Waals surface area contributed by atoms with Gasteiger partial charge in [0.05, 0.1) is 27.9 Å². The highest BCUT2D eigenvalue weighted by atomic mass is 35.5. The van der Waals surface area contributed by atoms with E-state index in [1.165, 1.54) is 18.2 Å². The average molecular weight is 415 g/mol. The van der Waals surface area contributed by atoms with E-state index in [9.17, 15) is 14.9 Å². The molecule has 0 saturated carbocycles. The van der Waals surface area contributed by atoms with Gasteiger partial charge in [0.2, 0.25) is 0 Å². The molecular weight excluding hydrogens is 396 g/mol. The standard InChI is InChI=1S/C20H19ClN4O4/c1-4-24-11-18(13(3)23-24)20(26)22-14-8-15(25(27)28)10-17(9-14)29-16-5-6-19(21)12(2)7-16/h5-11H,4H2,1-3H3,(H,22,26). The van der Waals surface area contributed by atoms with Crippen LogP contribution in [0.5, 0.6) is 11.5 Å². The zero-order valence-electron chi connectivity index (χ0n) is 16.1. The number of halogens is 1. The molecule has 1 N–H and O–H groups in total. The molecule has 0 radical (unpaired) electrons. The van der Waals surface area contributed by atoms with Crippen LogP contribution < -0.4 is 10.1 Å². The van der Waals surface area contributed by atoms with Gasteiger partial charge in [-0.05, 0) is 44.5 Å². The molecule has 0 aliphatic carbocycles. The Balaban J connectivity index is 1.89. The topological polar surface area (TPSA) is 99.3 Å². The van der Waals surface area contributed by atoms with Crippen molar-refractivity contribution in [2.45, 2.75) is 27.3 Å². The minimum absolute atomic E-state index is 0.204. The summed E-state index contributed by atoms with van der Waals surface area (Å²) >= 11 is 6.02. The number of ether oxygens (including phenoxy) is 1. The van der Waals surface area contributed by atoms with Gasteiger partial charge < -0.3 is 10.1 Å². The van der Waals surface area contributed by atoms with Gasteiger partial charge in [0.25, 0.3) is 11.6 Å². The summed E-state index contributed by atoms with van der Waals surface area (Å²) in [6.45, 7) is 6.10. The number of anilines is 1. The molecule has 8 nitrogen and oxygen atoms in total. The lowest BCUT2D eigenvalue weighted by Crippen LogP contribution is -2.12. The van der Waals surface area contributed by atoms with E-state index in [-0.39, 0.29) is 17.1 Å². The molecule has 3 aromatic rings. The number of rotatable bonds is 6. The molecule has 1 aromatic heterocycles. The van der Waals surface area contributed by atoms with Crippen molar-refractivity contribution in [1.82, 2.24) is 9.78 Å². The van der Waals surface area contributed by atoms with Crippen molar-refractivity contribution in [3.63, 3.8) is 0 Å². The van der Waals surface area contributed by atoms with Crippen LogP contribution >= 0.6 is 11.6 Å². The Morgan fingerprint density at radius 3 is 2.62 bits per heavy atom. The summed E-state index contributed by atoms with van der Waals surface area (Å²) in [6, 6.07) is 9.16. The van der Waals surface area contributed by atoms with Gasteiger partial charge in [-0.2, -0.15) is 5.10 Å². The lowest BCUT2D eigenvalue weighted by atomic mass is 10.2. The van der Waals surface area contributed by atoms with Crippen molar-refractivity contribution in [3.8, 4) is 11.5 Å². The Bertz CT molecular complexity index is 1090. The quantitative estimate of drug-likeness (QED) is 0.445. The van der Waals surface area contributed by atoms with Gasteiger partial charge in [0, 0.05) is 29.9 Å². The van der Waals surface area contributed by atoms with Gasteiger partial charge in [0.15, 0.2) is 0 Å². The molecule has 0 spiro atoms. The number of benzene rings is 2. The van der Waals surface area contributed by atoms with Crippen LogP contribution in [0.1, 0.15) is 28.5 Å². The minimum Gasteiger partial charge on any atom is -0.457 e. The highest BCUT2D eigenvalue weighted by Gasteiger charge is 2.17. The Morgan fingerprint density at radius 2 is 2.00 bits per heavy atom. The van der Waals surface area contributed by atoms with Crippen LogP contribution in [0.15, 0.2) is 42.6 Å². The summed E-state index contributed by atoms with van der Waals surface area (Å²) in [6.07, 6.45) is 1.63. The summed E-state index contributed by atoms with van der Waals surface area (Å²) in [4.78, 5) is 23.4. The van der Waals surface area contributed by atoms with Crippen molar-refractivity contribution < 1.29 is 14.5 Å². The van der Waals surface area contributed by atoms with E-state index in [1.54, 1.807) is 36.0 Å². The number of nitro benzene ring substituents is 1. The molecule has 3 rings (SSSR count). The van der Waals surface area contributed by atoms with E-state index in [0.29, 0.717) is 28.6 Å². The van der Waals surface area contributed by atoms with Crippen LogP contribution in [0.3, 0.4) is 0 Å². The zero-order chi connectivity index (χ0) is 21.1. The van der Waals surface area contributed by atoms with Crippen LogP contribution in [0.25, 0.3) is 0 Å². The maximum absolute atomic E-state index is 12.6. The second kappa shape index (κ2) is 8.32. The number of nitrogens with zero attached hydrogens (tertiary/aromatic N) is 3. The van der Waals surface area contributed by atoms with E-state index >= 15 is 0 Å². The van der Waals surface area contributed by atoms with Crippen molar-refractivity contribution >= 4 is 28.9 Å². The molecule has 0 bridgehead atoms. The Hall–Kier alpha value is -3.39. The van der Waals surface area contributed by atoms with E-state index in [0.717, 1.165) is 5.56 Å². The van der Waals surface area contributed by atoms with Gasteiger partial charge >= 0.3 is 0 Å². The first kappa shape index (κ1) is 20.3. The van der Waals surface area contributed by atoms with E-state index in [4.69, 9.17) is 16.3 Å². The highest BCUT2D eigenvalue weighted by molar-refractivity contribution is 6.31. The summed E-state index contributed by atoms with van der Waals surface area (Å²) in [5, 5.41) is 18.8. The molecule has 0 aliphatic rings. The van der Waals surface area contributed by atoms with Crippen LogP contribution in [0, 0.1) is 24.0 Å². The summed E-state index contributed by atoms with van der Waals surface area (Å²) in [5.41, 5.74) is 1.82. The molecule has 0 atom stereocenters. The van der Waals surface area contributed by atoms with E-state index in [1.807, 2.05) is 13.8 Å². The third kappa shape index (κ3) is 4.72. The highest BCUT2D eigenvalue weighted by Crippen LogP contribution is 2.31. The molecule has 1 heterocycles. The molecule has 2 aromatic carbocycles. The maximum Gasteiger partial charge on any atom is 0.275 e. The predicted octanol–water partition coefficient (Wildman–Crippen LogP) is 5.13. The zero-order valence-corrected chi connectivity index (χ0v) is 16.9. The third-order valence-electron chi connectivity index (χ3n) is 4.24. The van der Waals surface area contributed by atoms with Crippen LogP contribution in [0.2, 0.25) is 5.02 Å². The maximum atomic E-state index is 12.6. The van der Waals surface area contributed by atoms with Crippen molar-refractivity contribution in [1.29, 1.82) is 0 Å². The second-order valence-electron chi connectivity index (χ2n) is 6.42. The first-order valence-corrected chi connectivity index (χ1v) is 9.23. The Morgan fingerprint density at radius 1 is 1.24 bits per heavy atom. The molecule has 0 unspecified atom stereocenters. The van der Waals surface area contributed by atoms with Crippen LogP contribution in [-0.2, 0) is 6.54 Å². The number of aromatic nitrogens is 2. The molecule has 0 fully saturated rings. The smallest absolute Gasteiger partial charge is 0.275 e. The molecule has 29 heavy (non-hydrogen) atoms. The van der Waals surface area contributed by atoms with Crippen molar-refractivity contribution in [2.24, 2.45) is 0 Å². The minimum atomic E-state index is -0.546. The first-order valence-electron chi connectivity index (χ1n) is 8.85. The number of carbonyl (C=O) groups excluding carboxylic acids is 1. The molecule has 9 heteroatoms. The molecule has 1 amide bonds. The van der Waals surface area contributed by atoms with E-state index < -0.39 is 10.8 Å². The number of hydrogen-bond donors (Lipinski definition) is 1. The summed E-state index contributed by atoms with van der Waals surface area (Å²) in [5.74, 6) is 0.290. The monoisotopic (exact) mass is 414 g/mol. The average Bonchev–Trinajstić information content (AvgIpc) is 3.05. The fourth-order valence-corrected chi connectivity index (χ4v) is 2.86. The number of hydrogen-bond acceptors (Lipinski definition) is 5. The number of carbonyl (C=O) groups is 1. The fourth-order valence-electron chi connectivity index (χ4n) is 2.74.